The quantitative estimate of drug-likeness (QED) is 0.739. The number of hydrogen-bond acceptors (Lipinski definition) is 3. The van der Waals surface area contributed by atoms with Gasteiger partial charge in [-0.25, -0.2) is 0 Å². The van der Waals surface area contributed by atoms with Crippen molar-refractivity contribution in [2.75, 3.05) is 33.7 Å². The van der Waals surface area contributed by atoms with Crippen LogP contribution in [-0.2, 0) is 6.54 Å². The average molecular weight is 279 g/mol. The van der Waals surface area contributed by atoms with Crippen molar-refractivity contribution in [1.29, 1.82) is 0 Å². The first kappa shape index (κ1) is 16.1. The molecule has 0 bridgehead atoms. The Hall–Kier alpha value is -0.970. The van der Waals surface area contributed by atoms with Gasteiger partial charge in [-0.1, -0.05) is 37.3 Å². The van der Waals surface area contributed by atoms with E-state index in [1.54, 1.807) is 0 Å². The molecule has 0 saturated carbocycles. The standard InChI is InChI=1S/C15H25N3S/c1-4-18(10-6-9-17(2)3)12-13-7-5-8-14(11-13)15(16)19/h5,7-8,11H,4,6,9-10,12H2,1-3H3,(H2,16,19). The minimum Gasteiger partial charge on any atom is -0.389 e. The number of nitrogens with zero attached hydrogens (tertiary/aromatic N) is 2. The highest BCUT2D eigenvalue weighted by Crippen LogP contribution is 2.09. The van der Waals surface area contributed by atoms with E-state index in [1.165, 1.54) is 12.0 Å². The molecule has 0 saturated heterocycles. The lowest BCUT2D eigenvalue weighted by molar-refractivity contribution is 0.259. The molecule has 1 aromatic carbocycles. The SMILES string of the molecule is CCN(CCCN(C)C)Cc1cccc(C(N)=S)c1. The van der Waals surface area contributed by atoms with Crippen LogP contribution < -0.4 is 5.73 Å². The Labute approximate surface area is 122 Å². The Bertz CT molecular complexity index is 404. The molecule has 0 heterocycles. The molecule has 0 aliphatic rings. The molecule has 0 aliphatic carbocycles. The Morgan fingerprint density at radius 2 is 2.00 bits per heavy atom. The molecule has 19 heavy (non-hydrogen) atoms. The van der Waals surface area contributed by atoms with Crippen LogP contribution in [0.15, 0.2) is 24.3 Å². The summed E-state index contributed by atoms with van der Waals surface area (Å²) in [6.07, 6.45) is 1.19. The van der Waals surface area contributed by atoms with Gasteiger partial charge in [0.05, 0.1) is 0 Å². The van der Waals surface area contributed by atoms with Crippen molar-refractivity contribution in [2.45, 2.75) is 19.9 Å². The van der Waals surface area contributed by atoms with Crippen LogP contribution in [0.2, 0.25) is 0 Å². The van der Waals surface area contributed by atoms with E-state index in [2.05, 4.69) is 43.0 Å². The number of benzene rings is 1. The Morgan fingerprint density at radius 1 is 1.26 bits per heavy atom. The predicted octanol–water partition coefficient (Wildman–Crippen LogP) is 2.09. The Morgan fingerprint density at radius 3 is 2.58 bits per heavy atom. The van der Waals surface area contributed by atoms with Gasteiger partial charge in [-0.05, 0) is 51.8 Å². The predicted molar refractivity (Wildman–Crippen MR) is 86.5 cm³/mol. The molecule has 0 amide bonds. The van der Waals surface area contributed by atoms with Gasteiger partial charge in [0.2, 0.25) is 0 Å². The first-order valence-corrected chi connectivity index (χ1v) is 7.19. The van der Waals surface area contributed by atoms with Crippen LogP contribution in [-0.4, -0.2) is 48.5 Å². The molecule has 3 nitrogen and oxygen atoms in total. The summed E-state index contributed by atoms with van der Waals surface area (Å²) in [5.74, 6) is 0. The third kappa shape index (κ3) is 6.14. The Balaban J connectivity index is 2.55. The topological polar surface area (TPSA) is 32.5 Å². The van der Waals surface area contributed by atoms with Crippen molar-refractivity contribution in [3.05, 3.63) is 35.4 Å². The summed E-state index contributed by atoms with van der Waals surface area (Å²) in [7, 11) is 4.23. The largest absolute Gasteiger partial charge is 0.389 e. The minimum absolute atomic E-state index is 0.470. The zero-order chi connectivity index (χ0) is 14.3. The van der Waals surface area contributed by atoms with Crippen LogP contribution >= 0.6 is 12.2 Å². The van der Waals surface area contributed by atoms with E-state index in [9.17, 15) is 0 Å². The average Bonchev–Trinajstić information content (AvgIpc) is 2.37. The highest BCUT2D eigenvalue weighted by atomic mass is 32.1. The molecule has 2 N–H and O–H groups in total. The first-order valence-electron chi connectivity index (χ1n) is 6.78. The fourth-order valence-corrected chi connectivity index (χ4v) is 2.17. The molecular formula is C15H25N3S. The van der Waals surface area contributed by atoms with Gasteiger partial charge in [-0.2, -0.15) is 0 Å². The lowest BCUT2D eigenvalue weighted by atomic mass is 10.1. The van der Waals surface area contributed by atoms with E-state index in [1.807, 2.05) is 12.1 Å². The van der Waals surface area contributed by atoms with Crippen LogP contribution in [0, 0.1) is 0 Å². The second-order valence-corrected chi connectivity index (χ2v) is 5.53. The zero-order valence-corrected chi connectivity index (χ0v) is 13.0. The highest BCUT2D eigenvalue weighted by Gasteiger charge is 2.05. The molecule has 1 rings (SSSR count). The zero-order valence-electron chi connectivity index (χ0n) is 12.2. The summed E-state index contributed by atoms with van der Waals surface area (Å²) in [4.78, 5) is 5.14. The maximum atomic E-state index is 5.67. The Kier molecular flexibility index (Phi) is 6.99. The molecule has 0 unspecified atom stereocenters. The fourth-order valence-electron chi connectivity index (χ4n) is 2.04. The van der Waals surface area contributed by atoms with Gasteiger partial charge in [0.25, 0.3) is 0 Å². The second kappa shape index (κ2) is 8.25. The van der Waals surface area contributed by atoms with Gasteiger partial charge >= 0.3 is 0 Å². The molecule has 0 spiro atoms. The minimum atomic E-state index is 0.470. The van der Waals surface area contributed by atoms with Gasteiger partial charge in [0, 0.05) is 12.1 Å². The van der Waals surface area contributed by atoms with Gasteiger partial charge in [0.1, 0.15) is 4.99 Å². The van der Waals surface area contributed by atoms with Gasteiger partial charge in [0.15, 0.2) is 0 Å². The maximum Gasteiger partial charge on any atom is 0.103 e. The molecule has 0 aromatic heterocycles. The van der Waals surface area contributed by atoms with E-state index in [0.29, 0.717) is 4.99 Å². The molecule has 0 aliphatic heterocycles. The van der Waals surface area contributed by atoms with Crippen LogP contribution in [0.3, 0.4) is 0 Å². The normalized spacial score (nSPS) is 11.2. The van der Waals surface area contributed by atoms with Gasteiger partial charge in [-0.15, -0.1) is 0 Å². The van der Waals surface area contributed by atoms with E-state index in [4.69, 9.17) is 18.0 Å². The van der Waals surface area contributed by atoms with E-state index in [-0.39, 0.29) is 0 Å². The van der Waals surface area contributed by atoms with Crippen molar-refractivity contribution in [2.24, 2.45) is 5.73 Å². The summed E-state index contributed by atoms with van der Waals surface area (Å²) in [6, 6.07) is 8.22. The third-order valence-corrected chi connectivity index (χ3v) is 3.38. The number of thiocarbonyl (C=S) groups is 1. The first-order chi connectivity index (χ1) is 9.02. The third-order valence-electron chi connectivity index (χ3n) is 3.14. The van der Waals surface area contributed by atoms with E-state index >= 15 is 0 Å². The monoisotopic (exact) mass is 279 g/mol. The summed E-state index contributed by atoms with van der Waals surface area (Å²) >= 11 is 5.02. The molecule has 1 aromatic rings. The lowest BCUT2D eigenvalue weighted by Crippen LogP contribution is -2.27. The highest BCUT2D eigenvalue weighted by molar-refractivity contribution is 7.80. The number of nitrogens with two attached hydrogens (primary N) is 1. The summed E-state index contributed by atoms with van der Waals surface area (Å²) < 4.78 is 0. The van der Waals surface area contributed by atoms with Crippen molar-refractivity contribution >= 4 is 17.2 Å². The van der Waals surface area contributed by atoms with Crippen LogP contribution in [0.25, 0.3) is 0 Å². The van der Waals surface area contributed by atoms with E-state index in [0.717, 1.165) is 31.7 Å². The van der Waals surface area contributed by atoms with Gasteiger partial charge < -0.3 is 10.6 Å². The van der Waals surface area contributed by atoms with Crippen LogP contribution in [0.4, 0.5) is 0 Å². The lowest BCUT2D eigenvalue weighted by Gasteiger charge is -2.21. The van der Waals surface area contributed by atoms with Crippen molar-refractivity contribution in [3.63, 3.8) is 0 Å². The molecule has 0 radical (unpaired) electrons. The number of hydrogen-bond donors (Lipinski definition) is 1. The summed E-state index contributed by atoms with van der Waals surface area (Å²) in [5.41, 5.74) is 7.90. The molecular weight excluding hydrogens is 254 g/mol. The van der Waals surface area contributed by atoms with E-state index < -0.39 is 0 Å². The van der Waals surface area contributed by atoms with Crippen molar-refractivity contribution in [3.8, 4) is 0 Å². The molecule has 4 heteroatoms. The number of rotatable bonds is 8. The maximum absolute atomic E-state index is 5.67. The second-order valence-electron chi connectivity index (χ2n) is 5.09. The fraction of sp³-hybridized carbons (Fsp3) is 0.533. The van der Waals surface area contributed by atoms with Gasteiger partial charge in [-0.3, -0.25) is 4.90 Å². The van der Waals surface area contributed by atoms with Crippen molar-refractivity contribution < 1.29 is 0 Å². The summed E-state index contributed by atoms with van der Waals surface area (Å²) in [5, 5.41) is 0. The van der Waals surface area contributed by atoms with Crippen LogP contribution in [0.5, 0.6) is 0 Å². The van der Waals surface area contributed by atoms with Crippen LogP contribution in [0.1, 0.15) is 24.5 Å². The summed E-state index contributed by atoms with van der Waals surface area (Å²) in [6.45, 7) is 6.47. The molecule has 106 valence electrons. The molecule has 0 atom stereocenters. The molecule has 0 fully saturated rings. The van der Waals surface area contributed by atoms with Crippen molar-refractivity contribution in [1.82, 2.24) is 9.80 Å². The smallest absolute Gasteiger partial charge is 0.103 e.